The molecule has 0 spiro atoms. The van der Waals surface area contributed by atoms with Crippen molar-refractivity contribution in [2.75, 3.05) is 18.4 Å². The van der Waals surface area contributed by atoms with E-state index < -0.39 is 53.1 Å². The van der Waals surface area contributed by atoms with Crippen molar-refractivity contribution < 1.29 is 34.0 Å². The van der Waals surface area contributed by atoms with Crippen LogP contribution in [0.25, 0.3) is 0 Å². The van der Waals surface area contributed by atoms with Crippen molar-refractivity contribution in [2.24, 2.45) is 5.92 Å². The third-order valence-electron chi connectivity index (χ3n) is 9.21. The number of aliphatic hydroxyl groups is 2. The molecule has 4 N–H and O–H groups in total. The van der Waals surface area contributed by atoms with Crippen molar-refractivity contribution in [2.45, 2.75) is 68.0 Å². The number of anilines is 1. The minimum absolute atomic E-state index is 0.0866. The Morgan fingerprint density at radius 1 is 1.02 bits per heavy atom. The number of epoxide rings is 1. The van der Waals surface area contributed by atoms with Crippen LogP contribution in [-0.4, -0.2) is 62.8 Å². The second-order valence-electron chi connectivity index (χ2n) is 11.9. The lowest BCUT2D eigenvalue weighted by Gasteiger charge is -2.54. The average Bonchev–Trinajstić information content (AvgIpc) is 3.65. The van der Waals surface area contributed by atoms with Gasteiger partial charge in [-0.05, 0) is 42.2 Å². The molecule has 3 aromatic rings. The molecule has 3 aliphatic rings. The maximum Gasteiger partial charge on any atom is 0.305 e. The molecule has 0 radical (unpaired) electrons. The van der Waals surface area contributed by atoms with Crippen molar-refractivity contribution in [3.05, 3.63) is 102 Å². The first kappa shape index (κ1) is 28.8. The van der Waals surface area contributed by atoms with E-state index in [0.717, 1.165) is 11.3 Å². The first-order valence-corrected chi connectivity index (χ1v) is 14.5. The number of rotatable bonds is 10. The molecule has 42 heavy (non-hydrogen) atoms. The molecule has 9 heteroatoms. The molecule has 6 atom stereocenters. The number of fused-ring (bicyclic) bond motifs is 3. The van der Waals surface area contributed by atoms with Crippen LogP contribution in [0.2, 0.25) is 0 Å². The van der Waals surface area contributed by atoms with Crippen LogP contribution in [0.1, 0.15) is 44.2 Å². The zero-order chi connectivity index (χ0) is 29.8. The summed E-state index contributed by atoms with van der Waals surface area (Å²) in [4.78, 5) is 13.3. The van der Waals surface area contributed by atoms with E-state index in [1.54, 1.807) is 12.1 Å². The first-order chi connectivity index (χ1) is 20.1. The summed E-state index contributed by atoms with van der Waals surface area (Å²) < 4.78 is 28.3. The van der Waals surface area contributed by atoms with Gasteiger partial charge in [0.05, 0.1) is 25.2 Å². The summed E-state index contributed by atoms with van der Waals surface area (Å²) >= 11 is 0. The van der Waals surface area contributed by atoms with Crippen LogP contribution in [0.15, 0.2) is 84.9 Å². The second-order valence-corrected chi connectivity index (χ2v) is 11.9. The number of nitrogens with one attached hydrogen (secondary N) is 1. The van der Waals surface area contributed by atoms with Crippen LogP contribution in [0.5, 0.6) is 0 Å². The number of ether oxygens (including phenoxy) is 2. The van der Waals surface area contributed by atoms with Gasteiger partial charge in [0.2, 0.25) is 0 Å². The summed E-state index contributed by atoms with van der Waals surface area (Å²) in [6.07, 6.45) is -1.55. The number of hydrogen-bond acceptors (Lipinski definition) is 7. The lowest BCUT2D eigenvalue weighted by atomic mass is 9.74. The standard InChI is InChI=1S/C33H37FN2O6/c1-22(2)32(40)30(21-35-26-11-7-4-8-12-26)31(42-30,23-9-5-3-6-10-23)33(24-13-15-25(34)16-14-24)36(32)18-17-28(41-33)19-27(37)20-29(38)39/h3-16,22,27-28,35,37,40H,17-21H2,1-2H3,(H,38,39). The fourth-order valence-electron chi connectivity index (χ4n) is 7.48. The number of nitrogens with zero attached hydrogens (tertiary/aromatic N) is 1. The predicted octanol–water partition coefficient (Wildman–Crippen LogP) is 4.43. The van der Waals surface area contributed by atoms with Gasteiger partial charge in [-0.2, -0.15) is 0 Å². The monoisotopic (exact) mass is 576 g/mol. The number of carbonyl (C=O) groups is 1. The summed E-state index contributed by atoms with van der Waals surface area (Å²) in [5.41, 5.74) is -3.15. The highest BCUT2D eigenvalue weighted by atomic mass is 19.1. The summed E-state index contributed by atoms with van der Waals surface area (Å²) in [5, 5.41) is 36.3. The molecule has 3 aliphatic heterocycles. The van der Waals surface area contributed by atoms with E-state index in [0.29, 0.717) is 18.5 Å². The van der Waals surface area contributed by atoms with Gasteiger partial charge >= 0.3 is 5.97 Å². The SMILES string of the molecule is CC(C)C1(O)N2CCC(CC(O)CC(=O)O)OC2(c2ccc(F)cc2)C2(c3ccccc3)OC12CNc1ccccc1. The number of benzene rings is 3. The molecule has 3 saturated heterocycles. The smallest absolute Gasteiger partial charge is 0.305 e. The van der Waals surface area contributed by atoms with Crippen LogP contribution < -0.4 is 5.32 Å². The van der Waals surface area contributed by atoms with Crippen molar-refractivity contribution in [1.29, 1.82) is 0 Å². The van der Waals surface area contributed by atoms with Gasteiger partial charge in [-0.15, -0.1) is 0 Å². The highest BCUT2D eigenvalue weighted by Gasteiger charge is 2.96. The molecule has 3 fully saturated rings. The summed E-state index contributed by atoms with van der Waals surface area (Å²) in [7, 11) is 0. The number of halogens is 1. The van der Waals surface area contributed by atoms with E-state index in [-0.39, 0.29) is 18.9 Å². The van der Waals surface area contributed by atoms with Gasteiger partial charge in [0.15, 0.2) is 22.7 Å². The molecule has 0 aromatic heterocycles. The van der Waals surface area contributed by atoms with Gasteiger partial charge in [-0.1, -0.05) is 74.5 Å². The van der Waals surface area contributed by atoms with E-state index in [4.69, 9.17) is 9.47 Å². The topological polar surface area (TPSA) is 115 Å². The molecular formula is C33H37FN2O6. The molecule has 8 nitrogen and oxygen atoms in total. The number of carboxylic acids is 1. The Morgan fingerprint density at radius 3 is 2.29 bits per heavy atom. The Hall–Kier alpha value is -3.34. The Morgan fingerprint density at radius 2 is 1.67 bits per heavy atom. The highest BCUT2D eigenvalue weighted by molar-refractivity contribution is 5.67. The maximum absolute atomic E-state index is 14.3. The van der Waals surface area contributed by atoms with Crippen LogP contribution >= 0.6 is 0 Å². The second kappa shape index (κ2) is 10.4. The number of aliphatic carboxylic acids is 1. The van der Waals surface area contributed by atoms with Gasteiger partial charge in [-0.25, -0.2) is 9.29 Å². The van der Waals surface area contributed by atoms with E-state index in [1.807, 2.05) is 79.4 Å². The molecule has 0 bridgehead atoms. The minimum atomic E-state index is -1.54. The number of hydrogen-bond donors (Lipinski definition) is 4. The Kier molecular flexibility index (Phi) is 7.14. The Bertz CT molecular complexity index is 1430. The molecule has 3 heterocycles. The molecular weight excluding hydrogens is 539 g/mol. The first-order valence-electron chi connectivity index (χ1n) is 14.5. The van der Waals surface area contributed by atoms with Gasteiger partial charge in [-0.3, -0.25) is 4.79 Å². The molecule has 0 saturated carbocycles. The average molecular weight is 577 g/mol. The van der Waals surface area contributed by atoms with E-state index in [9.17, 15) is 24.5 Å². The van der Waals surface area contributed by atoms with Gasteiger partial charge in [0.1, 0.15) is 5.82 Å². The zero-order valence-corrected chi connectivity index (χ0v) is 23.7. The van der Waals surface area contributed by atoms with E-state index >= 15 is 0 Å². The molecule has 0 amide bonds. The van der Waals surface area contributed by atoms with Crippen molar-refractivity contribution in [1.82, 2.24) is 4.90 Å². The maximum atomic E-state index is 14.3. The summed E-state index contributed by atoms with van der Waals surface area (Å²) in [5.74, 6) is -1.83. The molecule has 222 valence electrons. The number of carboxylic acid groups (broad SMARTS) is 1. The van der Waals surface area contributed by atoms with Crippen LogP contribution in [0, 0.1) is 11.7 Å². The molecule has 3 aromatic carbocycles. The Labute approximate surface area is 244 Å². The quantitative estimate of drug-likeness (QED) is 0.262. The predicted molar refractivity (Wildman–Crippen MR) is 154 cm³/mol. The lowest BCUT2D eigenvalue weighted by Crippen LogP contribution is -2.67. The summed E-state index contributed by atoms with van der Waals surface area (Å²) in [6, 6.07) is 25.4. The van der Waals surface area contributed by atoms with Gasteiger partial charge in [0, 0.05) is 24.2 Å². The number of aliphatic hydroxyl groups excluding tert-OH is 1. The van der Waals surface area contributed by atoms with E-state index in [2.05, 4.69) is 5.32 Å². The third kappa shape index (κ3) is 4.02. The number of para-hydroxylation sites is 1. The fourth-order valence-corrected chi connectivity index (χ4v) is 7.48. The Balaban J connectivity index is 1.55. The summed E-state index contributed by atoms with van der Waals surface area (Å²) in [6.45, 7) is 4.52. The molecule has 0 aliphatic carbocycles. The lowest BCUT2D eigenvalue weighted by molar-refractivity contribution is -0.328. The third-order valence-corrected chi connectivity index (χ3v) is 9.21. The van der Waals surface area contributed by atoms with Crippen LogP contribution in [0.4, 0.5) is 10.1 Å². The minimum Gasteiger partial charge on any atom is -0.481 e. The molecule has 6 unspecified atom stereocenters. The fraction of sp³-hybridized carbons (Fsp3) is 0.424. The van der Waals surface area contributed by atoms with Gasteiger partial charge < -0.3 is 30.1 Å². The van der Waals surface area contributed by atoms with Crippen molar-refractivity contribution in [3.8, 4) is 0 Å². The molecule has 6 rings (SSSR count). The van der Waals surface area contributed by atoms with E-state index in [1.165, 1.54) is 12.1 Å². The van der Waals surface area contributed by atoms with Crippen molar-refractivity contribution >= 4 is 11.7 Å². The number of morpholine rings is 1. The normalized spacial score (nSPS) is 32.7. The highest BCUT2D eigenvalue weighted by Crippen LogP contribution is 2.79. The van der Waals surface area contributed by atoms with Crippen LogP contribution in [0.3, 0.4) is 0 Å². The van der Waals surface area contributed by atoms with Crippen molar-refractivity contribution in [3.63, 3.8) is 0 Å². The van der Waals surface area contributed by atoms with Gasteiger partial charge in [0.25, 0.3) is 0 Å². The largest absolute Gasteiger partial charge is 0.481 e. The zero-order valence-electron chi connectivity index (χ0n) is 23.7. The van der Waals surface area contributed by atoms with Crippen LogP contribution in [-0.2, 0) is 25.6 Å².